The van der Waals surface area contributed by atoms with Crippen molar-refractivity contribution >= 4 is 27.5 Å². The second kappa shape index (κ2) is 6.43. The van der Waals surface area contributed by atoms with Gasteiger partial charge < -0.3 is 10.1 Å². The number of carbonyl (C=O) groups is 1. The van der Waals surface area contributed by atoms with Crippen LogP contribution in [0.1, 0.15) is 49.0 Å². The van der Waals surface area contributed by atoms with Gasteiger partial charge in [-0.2, -0.15) is 0 Å². The molecule has 2 aliphatic carbocycles. The van der Waals surface area contributed by atoms with E-state index >= 15 is 0 Å². The lowest BCUT2D eigenvalue weighted by molar-refractivity contribution is -0.124. The number of rotatable bonds is 4. The van der Waals surface area contributed by atoms with Gasteiger partial charge in [-0.25, -0.2) is 9.97 Å². The molecule has 2 heterocycles. The number of nitrogens with one attached hydrogen (secondary N) is 1. The fourth-order valence-electron chi connectivity index (χ4n) is 3.66. The topological polar surface area (TPSA) is 64.1 Å². The third-order valence-electron chi connectivity index (χ3n) is 4.78. The van der Waals surface area contributed by atoms with Crippen LogP contribution >= 0.6 is 11.3 Å². The van der Waals surface area contributed by atoms with Gasteiger partial charge >= 0.3 is 0 Å². The van der Waals surface area contributed by atoms with Crippen LogP contribution in [0.3, 0.4) is 0 Å². The Hall–Kier alpha value is -1.69. The summed E-state index contributed by atoms with van der Waals surface area (Å²) in [7, 11) is 0. The molecule has 0 bridgehead atoms. The molecule has 4 rings (SSSR count). The number of carbonyl (C=O) groups excluding carboxylic acids is 1. The van der Waals surface area contributed by atoms with Crippen LogP contribution in [0.4, 0.5) is 0 Å². The number of fused-ring (bicyclic) bond motifs is 3. The van der Waals surface area contributed by atoms with E-state index in [4.69, 9.17) is 4.74 Å². The number of amides is 1. The van der Waals surface area contributed by atoms with Gasteiger partial charge in [0.15, 0.2) is 6.61 Å². The van der Waals surface area contributed by atoms with Gasteiger partial charge in [-0.05, 0) is 37.7 Å². The van der Waals surface area contributed by atoms with Crippen LogP contribution in [0.15, 0.2) is 6.33 Å². The van der Waals surface area contributed by atoms with E-state index in [1.54, 1.807) is 11.3 Å². The molecule has 1 fully saturated rings. The minimum Gasteiger partial charge on any atom is -0.467 e. The van der Waals surface area contributed by atoms with E-state index < -0.39 is 0 Å². The molecule has 0 aromatic carbocycles. The Morgan fingerprint density at radius 1 is 1.22 bits per heavy atom. The van der Waals surface area contributed by atoms with Crippen molar-refractivity contribution in [3.05, 3.63) is 16.8 Å². The van der Waals surface area contributed by atoms with Gasteiger partial charge in [-0.3, -0.25) is 4.79 Å². The highest BCUT2D eigenvalue weighted by molar-refractivity contribution is 7.18. The third-order valence-corrected chi connectivity index (χ3v) is 5.98. The fourth-order valence-corrected chi connectivity index (χ4v) is 4.88. The lowest BCUT2D eigenvalue weighted by Crippen LogP contribution is -2.39. The number of aromatic nitrogens is 2. The Bertz CT molecular complexity index is 722. The van der Waals surface area contributed by atoms with Crippen molar-refractivity contribution in [3.8, 4) is 5.88 Å². The molecular weight excluding hydrogens is 310 g/mol. The highest BCUT2D eigenvalue weighted by Gasteiger charge is 2.22. The van der Waals surface area contributed by atoms with Gasteiger partial charge in [0.2, 0.25) is 5.88 Å². The van der Waals surface area contributed by atoms with Crippen LogP contribution < -0.4 is 10.1 Å². The quantitative estimate of drug-likeness (QED) is 0.935. The van der Waals surface area contributed by atoms with Crippen molar-refractivity contribution in [3.63, 3.8) is 0 Å². The van der Waals surface area contributed by atoms with E-state index in [-0.39, 0.29) is 12.5 Å². The molecule has 6 heteroatoms. The molecule has 1 N–H and O–H groups in total. The van der Waals surface area contributed by atoms with Crippen molar-refractivity contribution < 1.29 is 9.53 Å². The number of nitrogens with zero attached hydrogens (tertiary/aromatic N) is 2. The molecule has 0 unspecified atom stereocenters. The summed E-state index contributed by atoms with van der Waals surface area (Å²) in [5.74, 6) is 0.517. The zero-order chi connectivity index (χ0) is 15.6. The average Bonchev–Trinajstić information content (AvgIpc) is 3.14. The molecule has 2 aromatic heterocycles. The first kappa shape index (κ1) is 14.9. The maximum absolute atomic E-state index is 12.1. The summed E-state index contributed by atoms with van der Waals surface area (Å²) in [6.07, 6.45) is 10.8. The molecular formula is C17H21N3O2S. The maximum atomic E-state index is 12.1. The largest absolute Gasteiger partial charge is 0.467 e. The Kier molecular flexibility index (Phi) is 4.16. The van der Waals surface area contributed by atoms with Gasteiger partial charge in [-0.15, -0.1) is 11.3 Å². The van der Waals surface area contributed by atoms with Gasteiger partial charge in [-0.1, -0.05) is 19.3 Å². The Labute approximate surface area is 139 Å². The average molecular weight is 331 g/mol. The lowest BCUT2D eigenvalue weighted by Gasteiger charge is -2.22. The highest BCUT2D eigenvalue weighted by atomic mass is 32.1. The second-order valence-electron chi connectivity index (χ2n) is 6.41. The minimum atomic E-state index is -0.0458. The van der Waals surface area contributed by atoms with Crippen molar-refractivity contribution in [2.75, 3.05) is 6.61 Å². The third kappa shape index (κ3) is 3.04. The zero-order valence-corrected chi connectivity index (χ0v) is 14.0. The molecule has 0 saturated heterocycles. The molecule has 0 atom stereocenters. The lowest BCUT2D eigenvalue weighted by atomic mass is 9.95. The monoisotopic (exact) mass is 331 g/mol. The van der Waals surface area contributed by atoms with Gasteiger partial charge in [0.1, 0.15) is 11.2 Å². The molecule has 122 valence electrons. The summed E-state index contributed by atoms with van der Waals surface area (Å²) < 4.78 is 5.75. The summed E-state index contributed by atoms with van der Waals surface area (Å²) in [4.78, 5) is 23.1. The maximum Gasteiger partial charge on any atom is 0.258 e. The first-order valence-corrected chi connectivity index (χ1v) is 9.30. The van der Waals surface area contributed by atoms with E-state index in [1.807, 2.05) is 0 Å². The number of thiophene rings is 1. The van der Waals surface area contributed by atoms with E-state index in [0.29, 0.717) is 11.9 Å². The van der Waals surface area contributed by atoms with Crippen LogP contribution in [0.2, 0.25) is 0 Å². The van der Waals surface area contributed by atoms with E-state index in [1.165, 1.54) is 42.5 Å². The number of aryl methyl sites for hydroxylation is 2. The van der Waals surface area contributed by atoms with E-state index in [9.17, 15) is 4.79 Å². The van der Waals surface area contributed by atoms with Crippen molar-refractivity contribution in [2.45, 2.75) is 57.4 Å². The smallest absolute Gasteiger partial charge is 0.258 e. The Balaban J connectivity index is 1.44. The first-order valence-electron chi connectivity index (χ1n) is 8.48. The van der Waals surface area contributed by atoms with Gasteiger partial charge in [0, 0.05) is 10.9 Å². The van der Waals surface area contributed by atoms with Crippen molar-refractivity contribution in [1.82, 2.24) is 15.3 Å². The van der Waals surface area contributed by atoms with Crippen LogP contribution in [0, 0.1) is 0 Å². The summed E-state index contributed by atoms with van der Waals surface area (Å²) in [6, 6.07) is 0.315. The molecule has 2 aliphatic rings. The molecule has 1 amide bonds. The molecule has 2 aromatic rings. The predicted molar refractivity (Wildman–Crippen MR) is 90.0 cm³/mol. The van der Waals surface area contributed by atoms with Crippen LogP contribution in [-0.2, 0) is 17.6 Å². The molecule has 5 nitrogen and oxygen atoms in total. The molecule has 1 saturated carbocycles. The van der Waals surface area contributed by atoms with Crippen LogP contribution in [0.5, 0.6) is 5.88 Å². The van der Waals surface area contributed by atoms with E-state index in [0.717, 1.165) is 35.9 Å². The predicted octanol–water partition coefficient (Wildman–Crippen LogP) is 3.01. The Morgan fingerprint density at radius 2 is 2.09 bits per heavy atom. The zero-order valence-electron chi connectivity index (χ0n) is 13.1. The normalized spacial score (nSPS) is 18.1. The summed E-state index contributed by atoms with van der Waals surface area (Å²) in [5, 5.41) is 4.10. The number of ether oxygens (including phenoxy) is 1. The molecule has 0 radical (unpaired) electrons. The summed E-state index contributed by atoms with van der Waals surface area (Å²) >= 11 is 1.73. The highest BCUT2D eigenvalue weighted by Crippen LogP contribution is 2.39. The van der Waals surface area contributed by atoms with Gasteiger partial charge in [0.05, 0.1) is 5.39 Å². The number of hydrogen-bond donors (Lipinski definition) is 1. The first-order chi connectivity index (χ1) is 11.3. The number of hydrogen-bond acceptors (Lipinski definition) is 5. The van der Waals surface area contributed by atoms with E-state index in [2.05, 4.69) is 15.3 Å². The standard InChI is InChI=1S/C17H21N3O2S/c21-14(20-11-5-2-1-3-6-11)9-22-16-15-12-7-4-8-13(12)23-17(15)19-10-18-16/h10-11H,1-9H2,(H,20,21). The fraction of sp³-hybridized carbons (Fsp3) is 0.588. The molecule has 23 heavy (non-hydrogen) atoms. The van der Waals surface area contributed by atoms with Crippen molar-refractivity contribution in [2.24, 2.45) is 0 Å². The second-order valence-corrected chi connectivity index (χ2v) is 7.49. The van der Waals surface area contributed by atoms with Crippen molar-refractivity contribution in [1.29, 1.82) is 0 Å². The minimum absolute atomic E-state index is 0.0350. The molecule has 0 spiro atoms. The van der Waals surface area contributed by atoms with Crippen LogP contribution in [0.25, 0.3) is 10.2 Å². The Morgan fingerprint density at radius 3 is 2.96 bits per heavy atom. The molecule has 0 aliphatic heterocycles. The van der Waals surface area contributed by atoms with Gasteiger partial charge in [0.25, 0.3) is 5.91 Å². The summed E-state index contributed by atoms with van der Waals surface area (Å²) in [6.45, 7) is 0.0350. The summed E-state index contributed by atoms with van der Waals surface area (Å²) in [5.41, 5.74) is 1.33. The van der Waals surface area contributed by atoms with Crippen LogP contribution in [-0.4, -0.2) is 28.5 Å². The SMILES string of the molecule is O=C(COc1ncnc2sc3c(c12)CCC3)NC1CCCCC1.